The predicted molar refractivity (Wildman–Crippen MR) is 94.7 cm³/mol. The summed E-state index contributed by atoms with van der Waals surface area (Å²) in [5.41, 5.74) is 5.15. The van der Waals surface area contributed by atoms with Gasteiger partial charge >= 0.3 is 5.37 Å². The number of halogens is 1. The Kier molecular flexibility index (Phi) is 4.99. The van der Waals surface area contributed by atoms with Gasteiger partial charge in [0.05, 0.1) is 0 Å². The summed E-state index contributed by atoms with van der Waals surface area (Å²) in [5, 5.41) is -0.340. The summed E-state index contributed by atoms with van der Waals surface area (Å²) in [6, 6.07) is 17.1. The molecule has 1 heterocycles. The molecule has 1 saturated heterocycles. The third kappa shape index (κ3) is 3.92. The highest BCUT2D eigenvalue weighted by atomic mass is 35.5. The Hall–Kier alpha value is -1.84. The topological polar surface area (TPSA) is 23.6 Å². The van der Waals surface area contributed by atoms with Gasteiger partial charge in [-0.1, -0.05) is 48.5 Å². The van der Waals surface area contributed by atoms with Crippen LogP contribution in [0.15, 0.2) is 48.5 Å². The molecule has 1 fully saturated rings. The fourth-order valence-corrected chi connectivity index (χ4v) is 3.18. The number of amides is 1. The Labute approximate surface area is 142 Å². The number of rotatable bonds is 3. The summed E-state index contributed by atoms with van der Waals surface area (Å²) >= 11 is 5.53. The highest BCUT2D eigenvalue weighted by Crippen LogP contribution is 2.23. The lowest BCUT2D eigenvalue weighted by Crippen LogP contribution is -2.46. The zero-order chi connectivity index (χ0) is 16.2. The van der Waals surface area contributed by atoms with Crippen LogP contribution in [0.1, 0.15) is 11.1 Å². The number of hydrogen-bond acceptors (Lipinski definition) is 2. The molecule has 23 heavy (non-hydrogen) atoms. The number of hydrogen-bond donors (Lipinski definition) is 0. The van der Waals surface area contributed by atoms with Gasteiger partial charge in [0.1, 0.15) is 0 Å². The van der Waals surface area contributed by atoms with E-state index in [0.717, 1.165) is 19.6 Å². The van der Waals surface area contributed by atoms with Crippen molar-refractivity contribution in [2.45, 2.75) is 13.5 Å². The van der Waals surface area contributed by atoms with Gasteiger partial charge in [-0.2, -0.15) is 0 Å². The molecule has 3 nitrogen and oxygen atoms in total. The number of nitrogens with zero attached hydrogens (tertiary/aromatic N) is 2. The second-order valence-electron chi connectivity index (χ2n) is 6.02. The number of aryl methyl sites for hydroxylation is 1. The van der Waals surface area contributed by atoms with Crippen molar-refractivity contribution in [2.75, 3.05) is 26.2 Å². The molecule has 0 bridgehead atoms. The molecule has 1 aliphatic rings. The lowest BCUT2D eigenvalue weighted by atomic mass is 9.99. The van der Waals surface area contributed by atoms with Crippen LogP contribution in [0.4, 0.5) is 4.79 Å². The first-order valence-electron chi connectivity index (χ1n) is 7.95. The van der Waals surface area contributed by atoms with E-state index in [1.807, 2.05) is 6.07 Å². The second-order valence-corrected chi connectivity index (χ2v) is 6.35. The van der Waals surface area contributed by atoms with E-state index in [1.54, 1.807) is 4.90 Å². The Balaban J connectivity index is 1.67. The zero-order valence-electron chi connectivity index (χ0n) is 13.3. The van der Waals surface area contributed by atoms with Gasteiger partial charge in [-0.25, -0.2) is 0 Å². The molecule has 3 rings (SSSR count). The molecule has 2 aromatic carbocycles. The second kappa shape index (κ2) is 7.16. The fourth-order valence-electron chi connectivity index (χ4n) is 3.01. The molecule has 0 atom stereocenters. The minimum absolute atomic E-state index is 0.340. The summed E-state index contributed by atoms with van der Waals surface area (Å²) in [7, 11) is 0. The average Bonchev–Trinajstić information content (AvgIpc) is 2.58. The molecule has 0 saturated carbocycles. The summed E-state index contributed by atoms with van der Waals surface area (Å²) in [6.45, 7) is 6.26. The highest BCUT2D eigenvalue weighted by molar-refractivity contribution is 6.62. The van der Waals surface area contributed by atoms with Crippen LogP contribution in [0.2, 0.25) is 0 Å². The van der Waals surface area contributed by atoms with Crippen molar-refractivity contribution in [1.29, 1.82) is 0 Å². The molecule has 1 aliphatic heterocycles. The van der Waals surface area contributed by atoms with Crippen molar-refractivity contribution in [3.05, 3.63) is 59.7 Å². The van der Waals surface area contributed by atoms with Crippen molar-refractivity contribution >= 4 is 17.0 Å². The normalized spacial score (nSPS) is 15.7. The van der Waals surface area contributed by atoms with E-state index in [1.165, 1.54) is 22.3 Å². The van der Waals surface area contributed by atoms with Gasteiger partial charge < -0.3 is 4.90 Å². The molecule has 0 aromatic heterocycles. The van der Waals surface area contributed by atoms with E-state index < -0.39 is 0 Å². The Morgan fingerprint density at radius 3 is 2.30 bits per heavy atom. The number of piperazine rings is 1. The van der Waals surface area contributed by atoms with Gasteiger partial charge in [-0.05, 0) is 40.8 Å². The molecule has 0 N–H and O–H groups in total. The minimum atomic E-state index is -0.340. The Morgan fingerprint density at radius 2 is 1.70 bits per heavy atom. The summed E-state index contributed by atoms with van der Waals surface area (Å²) in [4.78, 5) is 15.2. The van der Waals surface area contributed by atoms with Crippen LogP contribution < -0.4 is 0 Å². The largest absolute Gasteiger partial charge is 0.327 e. The van der Waals surface area contributed by atoms with E-state index in [4.69, 9.17) is 11.6 Å². The average molecular weight is 329 g/mol. The van der Waals surface area contributed by atoms with Gasteiger partial charge in [-0.3, -0.25) is 9.69 Å². The predicted octanol–water partition coefficient (Wildman–Crippen LogP) is 4.14. The monoisotopic (exact) mass is 328 g/mol. The van der Waals surface area contributed by atoms with Gasteiger partial charge in [0, 0.05) is 32.7 Å². The summed E-state index contributed by atoms with van der Waals surface area (Å²) < 4.78 is 0. The number of carbonyl (C=O) groups is 1. The molecule has 4 heteroatoms. The number of benzene rings is 2. The van der Waals surface area contributed by atoms with Crippen LogP contribution in [-0.2, 0) is 6.54 Å². The molecule has 120 valence electrons. The van der Waals surface area contributed by atoms with Crippen molar-refractivity contribution in [3.63, 3.8) is 0 Å². The van der Waals surface area contributed by atoms with Crippen molar-refractivity contribution < 1.29 is 4.79 Å². The van der Waals surface area contributed by atoms with Gasteiger partial charge in [0.25, 0.3) is 0 Å². The minimum Gasteiger partial charge on any atom is -0.327 e. The summed E-state index contributed by atoms with van der Waals surface area (Å²) in [6.07, 6.45) is 0. The molecule has 1 amide bonds. The third-order valence-corrected chi connectivity index (χ3v) is 4.70. The smallest absolute Gasteiger partial charge is 0.316 e. The number of carbonyl (C=O) groups excluding carboxylic acids is 1. The molecular formula is C19H21ClN2O. The molecule has 2 aromatic rings. The molecule has 0 aliphatic carbocycles. The van der Waals surface area contributed by atoms with Gasteiger partial charge in [-0.15, -0.1) is 0 Å². The molecular weight excluding hydrogens is 308 g/mol. The van der Waals surface area contributed by atoms with E-state index in [2.05, 4.69) is 54.3 Å². The molecule has 0 radical (unpaired) electrons. The first kappa shape index (κ1) is 16.0. The van der Waals surface area contributed by atoms with E-state index in [9.17, 15) is 4.79 Å². The van der Waals surface area contributed by atoms with E-state index in [0.29, 0.717) is 13.1 Å². The maximum absolute atomic E-state index is 11.2. The van der Waals surface area contributed by atoms with Crippen LogP contribution in [0.25, 0.3) is 11.1 Å². The zero-order valence-corrected chi connectivity index (χ0v) is 14.1. The van der Waals surface area contributed by atoms with Crippen molar-refractivity contribution in [1.82, 2.24) is 9.80 Å². The van der Waals surface area contributed by atoms with Crippen molar-refractivity contribution in [2.24, 2.45) is 0 Å². The van der Waals surface area contributed by atoms with Crippen LogP contribution in [0.5, 0.6) is 0 Å². The summed E-state index contributed by atoms with van der Waals surface area (Å²) in [5.74, 6) is 0. The quantitative estimate of drug-likeness (QED) is 0.624. The van der Waals surface area contributed by atoms with E-state index >= 15 is 0 Å². The van der Waals surface area contributed by atoms with Crippen LogP contribution in [0.3, 0.4) is 0 Å². The maximum Gasteiger partial charge on any atom is 0.316 e. The Morgan fingerprint density at radius 1 is 1.00 bits per heavy atom. The molecule has 0 spiro atoms. The van der Waals surface area contributed by atoms with Gasteiger partial charge in [0.15, 0.2) is 0 Å². The lowest BCUT2D eigenvalue weighted by molar-refractivity contribution is 0.148. The standard InChI is InChI=1S/C19H21ClN2O/c1-15-13-17(16-5-3-2-4-6-16)7-8-18(15)14-21-9-11-22(12-10-21)19(20)23/h2-8,13H,9-12,14H2,1H3. The van der Waals surface area contributed by atoms with Crippen LogP contribution >= 0.6 is 11.6 Å². The van der Waals surface area contributed by atoms with Crippen LogP contribution in [-0.4, -0.2) is 41.3 Å². The van der Waals surface area contributed by atoms with Crippen LogP contribution in [0, 0.1) is 6.92 Å². The fraction of sp³-hybridized carbons (Fsp3) is 0.316. The first-order valence-corrected chi connectivity index (χ1v) is 8.33. The SMILES string of the molecule is Cc1cc(-c2ccccc2)ccc1CN1CCN(C(=O)Cl)CC1. The first-order chi connectivity index (χ1) is 11.1. The lowest BCUT2D eigenvalue weighted by Gasteiger charge is -2.33. The highest BCUT2D eigenvalue weighted by Gasteiger charge is 2.20. The van der Waals surface area contributed by atoms with E-state index in [-0.39, 0.29) is 5.37 Å². The molecule has 0 unspecified atom stereocenters. The van der Waals surface area contributed by atoms with Gasteiger partial charge in [0.2, 0.25) is 0 Å². The Bertz CT molecular complexity index is 679. The maximum atomic E-state index is 11.2. The van der Waals surface area contributed by atoms with Crippen molar-refractivity contribution in [3.8, 4) is 11.1 Å². The third-order valence-electron chi connectivity index (χ3n) is 4.46.